The summed E-state index contributed by atoms with van der Waals surface area (Å²) in [6.45, 7) is 3.51. The lowest BCUT2D eigenvalue weighted by Gasteiger charge is -2.17. The van der Waals surface area contributed by atoms with Crippen molar-refractivity contribution in [3.8, 4) is 0 Å². The van der Waals surface area contributed by atoms with Crippen molar-refractivity contribution in [1.29, 1.82) is 0 Å². The van der Waals surface area contributed by atoms with Crippen molar-refractivity contribution in [2.45, 2.75) is 38.5 Å². The zero-order valence-electron chi connectivity index (χ0n) is 12.7. The van der Waals surface area contributed by atoms with Gasteiger partial charge in [0.1, 0.15) is 0 Å². The second kappa shape index (κ2) is 8.39. The van der Waals surface area contributed by atoms with Crippen molar-refractivity contribution in [2.75, 3.05) is 20.6 Å². The Balaban J connectivity index is 2.60. The summed E-state index contributed by atoms with van der Waals surface area (Å²) in [5.74, 6) is 0.0788. The van der Waals surface area contributed by atoms with Gasteiger partial charge in [0.25, 0.3) is 0 Å². The van der Waals surface area contributed by atoms with Crippen LogP contribution in [0.3, 0.4) is 0 Å². The molecule has 0 unspecified atom stereocenters. The molecule has 0 saturated heterocycles. The number of hydrogen-bond acceptors (Lipinski definition) is 3. The van der Waals surface area contributed by atoms with Gasteiger partial charge in [-0.1, -0.05) is 44.0 Å². The molecular weight excluding hydrogens is 272 g/mol. The molecule has 0 heterocycles. The fraction of sp³-hybridized carbons (Fsp3) is 0.600. The Hall–Kier alpha value is -0.910. The standard InChI is InChI=1S/C15H26N2O2S/c1-4-5-6-11-17(3)20(18,19)13-15-9-7-14(8-10-15)12-16-2/h7-10,16H,4-6,11-13H2,1-3H3. The molecule has 0 spiro atoms. The second-order valence-electron chi connectivity index (χ2n) is 5.13. The Kier molecular flexibility index (Phi) is 7.19. The molecule has 0 aromatic heterocycles. The summed E-state index contributed by atoms with van der Waals surface area (Å²) in [5, 5.41) is 3.07. The van der Waals surface area contributed by atoms with E-state index in [4.69, 9.17) is 0 Å². The van der Waals surface area contributed by atoms with Crippen LogP contribution in [-0.4, -0.2) is 33.4 Å². The van der Waals surface area contributed by atoms with Gasteiger partial charge in [-0.25, -0.2) is 12.7 Å². The van der Waals surface area contributed by atoms with E-state index in [-0.39, 0.29) is 5.75 Å². The zero-order chi connectivity index (χ0) is 15.0. The Morgan fingerprint density at radius 1 is 1.10 bits per heavy atom. The summed E-state index contributed by atoms with van der Waals surface area (Å²) in [4.78, 5) is 0. The Morgan fingerprint density at radius 3 is 2.25 bits per heavy atom. The molecule has 20 heavy (non-hydrogen) atoms. The fourth-order valence-corrected chi connectivity index (χ4v) is 3.24. The highest BCUT2D eigenvalue weighted by Crippen LogP contribution is 2.12. The van der Waals surface area contributed by atoms with Crippen LogP contribution < -0.4 is 5.32 Å². The highest BCUT2D eigenvalue weighted by molar-refractivity contribution is 7.88. The van der Waals surface area contributed by atoms with Gasteiger partial charge < -0.3 is 5.32 Å². The third-order valence-electron chi connectivity index (χ3n) is 3.30. The molecule has 0 atom stereocenters. The van der Waals surface area contributed by atoms with E-state index < -0.39 is 10.0 Å². The van der Waals surface area contributed by atoms with E-state index in [1.165, 1.54) is 4.31 Å². The monoisotopic (exact) mass is 298 g/mol. The molecule has 1 N–H and O–H groups in total. The largest absolute Gasteiger partial charge is 0.316 e. The van der Waals surface area contributed by atoms with Crippen LogP contribution in [0.4, 0.5) is 0 Å². The number of rotatable bonds is 9. The summed E-state index contributed by atoms with van der Waals surface area (Å²) in [6.07, 6.45) is 3.09. The van der Waals surface area contributed by atoms with Crippen molar-refractivity contribution in [3.63, 3.8) is 0 Å². The van der Waals surface area contributed by atoms with Gasteiger partial charge in [0.2, 0.25) is 10.0 Å². The first kappa shape index (κ1) is 17.1. The molecule has 0 aliphatic heterocycles. The van der Waals surface area contributed by atoms with Crippen molar-refractivity contribution in [3.05, 3.63) is 35.4 Å². The van der Waals surface area contributed by atoms with Gasteiger partial charge in [0, 0.05) is 20.1 Å². The van der Waals surface area contributed by atoms with Gasteiger partial charge in [0.05, 0.1) is 5.75 Å². The number of benzene rings is 1. The summed E-state index contributed by atoms with van der Waals surface area (Å²) in [7, 11) is 0.358. The van der Waals surface area contributed by atoms with E-state index in [1.54, 1.807) is 7.05 Å². The lowest BCUT2D eigenvalue weighted by molar-refractivity contribution is 0.453. The molecule has 114 valence electrons. The molecule has 4 nitrogen and oxygen atoms in total. The summed E-state index contributed by atoms with van der Waals surface area (Å²) in [5.41, 5.74) is 2.00. The van der Waals surface area contributed by atoms with Crippen LogP contribution in [0.1, 0.15) is 37.3 Å². The number of unbranched alkanes of at least 4 members (excludes halogenated alkanes) is 2. The number of nitrogens with zero attached hydrogens (tertiary/aromatic N) is 1. The molecule has 0 radical (unpaired) electrons. The third-order valence-corrected chi connectivity index (χ3v) is 5.13. The highest BCUT2D eigenvalue weighted by Gasteiger charge is 2.17. The average molecular weight is 298 g/mol. The van der Waals surface area contributed by atoms with E-state index in [0.717, 1.165) is 36.9 Å². The molecule has 5 heteroatoms. The van der Waals surface area contributed by atoms with Crippen LogP contribution in [0, 0.1) is 0 Å². The maximum atomic E-state index is 12.2. The summed E-state index contributed by atoms with van der Waals surface area (Å²) >= 11 is 0. The van der Waals surface area contributed by atoms with Crippen molar-refractivity contribution >= 4 is 10.0 Å². The van der Waals surface area contributed by atoms with E-state index in [1.807, 2.05) is 31.3 Å². The van der Waals surface area contributed by atoms with E-state index in [2.05, 4.69) is 12.2 Å². The fourth-order valence-electron chi connectivity index (χ4n) is 2.00. The number of nitrogens with one attached hydrogen (secondary N) is 1. The lowest BCUT2D eigenvalue weighted by atomic mass is 10.1. The molecule has 0 fully saturated rings. The Morgan fingerprint density at radius 2 is 1.70 bits per heavy atom. The number of sulfonamides is 1. The van der Waals surface area contributed by atoms with Crippen LogP contribution in [0.25, 0.3) is 0 Å². The van der Waals surface area contributed by atoms with Crippen LogP contribution in [-0.2, 0) is 22.3 Å². The maximum absolute atomic E-state index is 12.2. The topological polar surface area (TPSA) is 49.4 Å². The van der Waals surface area contributed by atoms with E-state index in [9.17, 15) is 8.42 Å². The predicted octanol–water partition coefficient (Wildman–Crippen LogP) is 2.36. The Bertz CT molecular complexity index is 483. The molecule has 0 aliphatic rings. The lowest BCUT2D eigenvalue weighted by Crippen LogP contribution is -2.29. The average Bonchev–Trinajstić information content (AvgIpc) is 2.41. The van der Waals surface area contributed by atoms with Crippen LogP contribution in [0.2, 0.25) is 0 Å². The van der Waals surface area contributed by atoms with Crippen molar-refractivity contribution < 1.29 is 8.42 Å². The summed E-state index contributed by atoms with van der Waals surface area (Å²) < 4.78 is 25.9. The zero-order valence-corrected chi connectivity index (χ0v) is 13.5. The normalized spacial score (nSPS) is 12.0. The van der Waals surface area contributed by atoms with Gasteiger partial charge >= 0.3 is 0 Å². The van der Waals surface area contributed by atoms with Crippen LogP contribution in [0.15, 0.2) is 24.3 Å². The summed E-state index contributed by atoms with van der Waals surface area (Å²) in [6, 6.07) is 7.73. The maximum Gasteiger partial charge on any atom is 0.218 e. The molecular formula is C15H26N2O2S. The molecule has 0 bridgehead atoms. The molecule has 0 amide bonds. The minimum absolute atomic E-state index is 0.0788. The first-order valence-electron chi connectivity index (χ1n) is 7.16. The quantitative estimate of drug-likeness (QED) is 0.712. The molecule has 1 aromatic rings. The van der Waals surface area contributed by atoms with Crippen LogP contribution in [0.5, 0.6) is 0 Å². The highest BCUT2D eigenvalue weighted by atomic mass is 32.2. The molecule has 1 rings (SSSR count). The van der Waals surface area contributed by atoms with E-state index >= 15 is 0 Å². The number of hydrogen-bond donors (Lipinski definition) is 1. The predicted molar refractivity (Wildman–Crippen MR) is 84.0 cm³/mol. The van der Waals surface area contributed by atoms with Crippen molar-refractivity contribution in [2.24, 2.45) is 0 Å². The van der Waals surface area contributed by atoms with Gasteiger partial charge in [0.15, 0.2) is 0 Å². The Labute approximate surface area is 123 Å². The minimum atomic E-state index is -3.20. The first-order valence-corrected chi connectivity index (χ1v) is 8.77. The molecule has 0 aliphatic carbocycles. The van der Waals surface area contributed by atoms with Crippen molar-refractivity contribution in [1.82, 2.24) is 9.62 Å². The molecule has 1 aromatic carbocycles. The van der Waals surface area contributed by atoms with Gasteiger partial charge in [-0.2, -0.15) is 0 Å². The SMILES string of the molecule is CCCCCN(C)S(=O)(=O)Cc1ccc(CNC)cc1. The third kappa shape index (κ3) is 5.61. The van der Waals surface area contributed by atoms with Gasteiger partial charge in [-0.3, -0.25) is 0 Å². The van der Waals surface area contributed by atoms with Crippen LogP contribution >= 0.6 is 0 Å². The minimum Gasteiger partial charge on any atom is -0.316 e. The van der Waals surface area contributed by atoms with E-state index in [0.29, 0.717) is 6.54 Å². The second-order valence-corrected chi connectivity index (χ2v) is 7.21. The van der Waals surface area contributed by atoms with Gasteiger partial charge in [-0.15, -0.1) is 0 Å². The first-order chi connectivity index (χ1) is 9.49. The smallest absolute Gasteiger partial charge is 0.218 e. The van der Waals surface area contributed by atoms with Gasteiger partial charge in [-0.05, 0) is 24.6 Å². The molecule has 0 saturated carbocycles.